The summed E-state index contributed by atoms with van der Waals surface area (Å²) in [7, 11) is 0. The molecule has 26 heavy (non-hydrogen) atoms. The van der Waals surface area contributed by atoms with Crippen molar-refractivity contribution < 1.29 is 14.7 Å². The molecule has 136 valence electrons. The number of carboxylic acid groups (broad SMARTS) is 1. The minimum Gasteiger partial charge on any atom is -0.481 e. The molecule has 1 unspecified atom stereocenters. The fourth-order valence-electron chi connectivity index (χ4n) is 3.44. The van der Waals surface area contributed by atoms with Crippen LogP contribution in [-0.4, -0.2) is 41.5 Å². The molecule has 0 aliphatic carbocycles. The molecule has 1 amide bonds. The van der Waals surface area contributed by atoms with E-state index in [0.717, 1.165) is 16.8 Å². The van der Waals surface area contributed by atoms with Gasteiger partial charge in [0.1, 0.15) is 0 Å². The molecule has 0 aromatic heterocycles. The van der Waals surface area contributed by atoms with Gasteiger partial charge in [0.2, 0.25) is 5.91 Å². The highest BCUT2D eigenvalue weighted by Gasteiger charge is 2.30. The Morgan fingerprint density at radius 1 is 1.12 bits per heavy atom. The summed E-state index contributed by atoms with van der Waals surface area (Å²) >= 11 is 0. The first kappa shape index (κ1) is 18.0. The summed E-state index contributed by atoms with van der Waals surface area (Å²) < 4.78 is 0. The molecule has 1 aliphatic heterocycles. The highest BCUT2D eigenvalue weighted by Crippen LogP contribution is 2.29. The average molecular weight is 352 g/mol. The summed E-state index contributed by atoms with van der Waals surface area (Å²) in [5.74, 6) is -1.28. The lowest BCUT2D eigenvalue weighted by Gasteiger charge is -2.35. The summed E-state index contributed by atoms with van der Waals surface area (Å²) in [6, 6.07) is 17.7. The molecular formula is C21H24N2O3. The summed E-state index contributed by atoms with van der Waals surface area (Å²) in [6.07, 6.45) is 0.512. The van der Waals surface area contributed by atoms with E-state index in [1.165, 1.54) is 0 Å². The topological polar surface area (TPSA) is 60.9 Å². The van der Waals surface area contributed by atoms with Crippen LogP contribution in [0.2, 0.25) is 0 Å². The number of rotatable bonds is 6. The molecule has 5 heteroatoms. The van der Waals surface area contributed by atoms with Crippen LogP contribution < -0.4 is 4.90 Å². The number of amides is 1. The van der Waals surface area contributed by atoms with Gasteiger partial charge in [-0.3, -0.25) is 9.59 Å². The summed E-state index contributed by atoms with van der Waals surface area (Å²) in [5.41, 5.74) is 3.05. The van der Waals surface area contributed by atoms with Crippen molar-refractivity contribution in [2.75, 3.05) is 24.5 Å². The molecule has 1 aliphatic rings. The third-order valence-corrected chi connectivity index (χ3v) is 4.87. The van der Waals surface area contributed by atoms with Crippen LogP contribution in [0.25, 0.3) is 0 Å². The fourth-order valence-corrected chi connectivity index (χ4v) is 3.44. The summed E-state index contributed by atoms with van der Waals surface area (Å²) in [5, 5.41) is 9.44. The number of hydrogen-bond acceptors (Lipinski definition) is 3. The first-order valence-corrected chi connectivity index (χ1v) is 8.95. The second-order valence-corrected chi connectivity index (χ2v) is 6.64. The second kappa shape index (κ2) is 8.04. The van der Waals surface area contributed by atoms with E-state index in [1.807, 2.05) is 71.3 Å². The van der Waals surface area contributed by atoms with Gasteiger partial charge in [-0.25, -0.2) is 0 Å². The van der Waals surface area contributed by atoms with Crippen LogP contribution in [0.15, 0.2) is 54.6 Å². The number of carbonyl (C=O) groups excluding carboxylic acids is 1. The molecule has 0 saturated heterocycles. The van der Waals surface area contributed by atoms with Crippen LogP contribution in [0.1, 0.15) is 18.1 Å². The number of hydrogen-bond donors (Lipinski definition) is 1. The molecule has 0 fully saturated rings. The fraction of sp³-hybridized carbons (Fsp3) is 0.333. The third-order valence-electron chi connectivity index (χ3n) is 4.87. The molecule has 0 bridgehead atoms. The Morgan fingerprint density at radius 3 is 2.50 bits per heavy atom. The van der Waals surface area contributed by atoms with Crippen molar-refractivity contribution in [3.8, 4) is 0 Å². The van der Waals surface area contributed by atoms with Crippen molar-refractivity contribution in [3.63, 3.8) is 0 Å². The highest BCUT2D eigenvalue weighted by molar-refractivity contribution is 5.83. The third kappa shape index (κ3) is 4.04. The smallest absolute Gasteiger partial charge is 0.308 e. The van der Waals surface area contributed by atoms with Gasteiger partial charge >= 0.3 is 5.97 Å². The number of para-hydroxylation sites is 1. The number of fused-ring (bicyclic) bond motifs is 1. The molecule has 1 atom stereocenters. The maximum absolute atomic E-state index is 12.9. The van der Waals surface area contributed by atoms with Crippen molar-refractivity contribution in [2.24, 2.45) is 5.92 Å². The number of aliphatic carboxylic acids is 1. The van der Waals surface area contributed by atoms with E-state index in [1.54, 1.807) is 0 Å². The zero-order chi connectivity index (χ0) is 18.5. The Hall–Kier alpha value is -2.82. The number of benzene rings is 2. The Balaban J connectivity index is 1.75. The molecule has 5 nitrogen and oxygen atoms in total. The molecular weight excluding hydrogens is 328 g/mol. The van der Waals surface area contributed by atoms with Gasteiger partial charge in [0.25, 0.3) is 0 Å². The van der Waals surface area contributed by atoms with Crippen molar-refractivity contribution in [3.05, 3.63) is 65.7 Å². The number of carboxylic acids is 1. The summed E-state index contributed by atoms with van der Waals surface area (Å²) in [6.45, 7) is 3.70. The minimum atomic E-state index is -0.811. The normalized spacial score (nSPS) is 16.0. The van der Waals surface area contributed by atoms with Crippen molar-refractivity contribution in [1.82, 2.24) is 4.90 Å². The van der Waals surface area contributed by atoms with Crippen LogP contribution in [0.3, 0.4) is 0 Å². The van der Waals surface area contributed by atoms with E-state index in [4.69, 9.17) is 0 Å². The van der Waals surface area contributed by atoms with Crippen LogP contribution in [0.5, 0.6) is 0 Å². The van der Waals surface area contributed by atoms with E-state index in [9.17, 15) is 14.7 Å². The van der Waals surface area contributed by atoms with Gasteiger partial charge in [-0.15, -0.1) is 0 Å². The average Bonchev–Trinajstić information content (AvgIpc) is 2.66. The van der Waals surface area contributed by atoms with Crippen LogP contribution in [0, 0.1) is 5.92 Å². The standard InChI is InChI=1S/C21H24N2O3/c1-2-22(13-16-8-4-3-5-9-16)20(24)15-23-14-18(21(25)26)12-17-10-6-7-11-19(17)23/h3-11,18H,2,12-15H2,1H3,(H,25,26). The maximum atomic E-state index is 12.9. The van der Waals surface area contributed by atoms with E-state index in [0.29, 0.717) is 26.1 Å². The molecule has 1 N–H and O–H groups in total. The van der Waals surface area contributed by atoms with Gasteiger partial charge in [-0.2, -0.15) is 0 Å². The quantitative estimate of drug-likeness (QED) is 0.868. The van der Waals surface area contributed by atoms with Crippen molar-refractivity contribution in [1.29, 1.82) is 0 Å². The maximum Gasteiger partial charge on any atom is 0.308 e. The minimum absolute atomic E-state index is 0.0113. The van der Waals surface area contributed by atoms with Gasteiger partial charge in [-0.05, 0) is 30.5 Å². The Kier molecular flexibility index (Phi) is 5.56. The second-order valence-electron chi connectivity index (χ2n) is 6.64. The lowest BCUT2D eigenvalue weighted by molar-refractivity contribution is -0.141. The first-order chi connectivity index (χ1) is 12.6. The number of anilines is 1. The van der Waals surface area contributed by atoms with Gasteiger partial charge < -0.3 is 14.9 Å². The summed E-state index contributed by atoms with van der Waals surface area (Å²) in [4.78, 5) is 28.1. The monoisotopic (exact) mass is 352 g/mol. The van der Waals surface area contributed by atoms with E-state index < -0.39 is 11.9 Å². The molecule has 1 heterocycles. The Bertz CT molecular complexity index is 776. The van der Waals surface area contributed by atoms with Crippen LogP contribution >= 0.6 is 0 Å². The first-order valence-electron chi connectivity index (χ1n) is 8.95. The molecule has 0 spiro atoms. The predicted molar refractivity (Wildman–Crippen MR) is 101 cm³/mol. The van der Waals surface area contributed by atoms with E-state index in [-0.39, 0.29) is 12.5 Å². The highest BCUT2D eigenvalue weighted by atomic mass is 16.4. The molecule has 2 aromatic carbocycles. The van der Waals surface area contributed by atoms with Gasteiger partial charge in [0.15, 0.2) is 0 Å². The molecule has 2 aromatic rings. The Labute approximate surface area is 153 Å². The largest absolute Gasteiger partial charge is 0.481 e. The van der Waals surface area contributed by atoms with Gasteiger partial charge in [0, 0.05) is 25.3 Å². The molecule has 3 rings (SSSR count). The number of carbonyl (C=O) groups is 2. The zero-order valence-electron chi connectivity index (χ0n) is 15.0. The number of likely N-dealkylation sites (N-methyl/N-ethyl adjacent to an activating group) is 1. The molecule has 0 saturated carbocycles. The zero-order valence-corrected chi connectivity index (χ0v) is 15.0. The van der Waals surface area contributed by atoms with E-state index in [2.05, 4.69) is 0 Å². The lowest BCUT2D eigenvalue weighted by Crippen LogP contribution is -2.45. The molecule has 0 radical (unpaired) electrons. The van der Waals surface area contributed by atoms with Gasteiger partial charge in [-0.1, -0.05) is 48.5 Å². The van der Waals surface area contributed by atoms with Crippen molar-refractivity contribution in [2.45, 2.75) is 19.9 Å². The Morgan fingerprint density at radius 2 is 1.81 bits per heavy atom. The lowest BCUT2D eigenvalue weighted by atomic mass is 9.92. The van der Waals surface area contributed by atoms with E-state index >= 15 is 0 Å². The predicted octanol–water partition coefficient (Wildman–Crippen LogP) is 2.80. The van der Waals surface area contributed by atoms with Crippen LogP contribution in [-0.2, 0) is 22.6 Å². The van der Waals surface area contributed by atoms with Crippen molar-refractivity contribution >= 4 is 17.6 Å². The van der Waals surface area contributed by atoms with Crippen LogP contribution in [0.4, 0.5) is 5.69 Å². The SMILES string of the molecule is CCN(Cc1ccccc1)C(=O)CN1CC(C(=O)O)Cc2ccccc21. The van der Waals surface area contributed by atoms with Gasteiger partial charge in [0.05, 0.1) is 12.5 Å². The number of nitrogens with zero attached hydrogens (tertiary/aromatic N) is 2.